The number of halogens is 3. The predicted molar refractivity (Wildman–Crippen MR) is 69.1 cm³/mol. The molecule has 0 fully saturated rings. The third-order valence-electron chi connectivity index (χ3n) is 2.65. The maximum atomic E-state index is 13.5. The summed E-state index contributed by atoms with van der Waals surface area (Å²) in [4.78, 5) is 10.9. The number of aryl methyl sites for hydroxylation is 1. The molecule has 0 saturated heterocycles. The number of hydrogen-bond acceptors (Lipinski definition) is 3. The summed E-state index contributed by atoms with van der Waals surface area (Å²) < 4.78 is 31.6. The van der Waals surface area contributed by atoms with E-state index in [2.05, 4.69) is 5.32 Å². The van der Waals surface area contributed by atoms with Gasteiger partial charge in [-0.1, -0.05) is 11.6 Å². The van der Waals surface area contributed by atoms with E-state index in [0.29, 0.717) is 11.8 Å². The van der Waals surface area contributed by atoms with Gasteiger partial charge >= 0.3 is 5.97 Å². The standard InChI is InChI=1S/C13H10ClF2NO3/c1-6-9(13(18)19)4-8(20-6)5-17-12-10(14)2-7(15)3-11(12)16/h2-4,17H,5H2,1H3,(H,18,19). The molecular weight excluding hydrogens is 292 g/mol. The second-order valence-corrected chi connectivity index (χ2v) is 4.49. The average Bonchev–Trinajstić information content (AvgIpc) is 2.69. The Morgan fingerprint density at radius 2 is 2.10 bits per heavy atom. The van der Waals surface area contributed by atoms with Gasteiger partial charge in [0.1, 0.15) is 22.9 Å². The molecule has 0 amide bonds. The number of nitrogens with one attached hydrogen (secondary N) is 1. The molecule has 0 radical (unpaired) electrons. The molecule has 0 unspecified atom stereocenters. The Balaban J connectivity index is 2.17. The highest BCUT2D eigenvalue weighted by Crippen LogP contribution is 2.27. The maximum Gasteiger partial charge on any atom is 0.339 e. The molecule has 1 aromatic heterocycles. The van der Waals surface area contributed by atoms with E-state index in [0.717, 1.165) is 6.07 Å². The van der Waals surface area contributed by atoms with Crippen LogP contribution in [-0.2, 0) is 6.54 Å². The summed E-state index contributed by atoms with van der Waals surface area (Å²) in [6.07, 6.45) is 0. The van der Waals surface area contributed by atoms with Gasteiger partial charge in [-0.15, -0.1) is 0 Å². The lowest BCUT2D eigenvalue weighted by Crippen LogP contribution is -2.02. The Labute approximate surface area is 118 Å². The summed E-state index contributed by atoms with van der Waals surface area (Å²) in [5.74, 6) is -2.17. The third kappa shape index (κ3) is 2.91. The zero-order chi connectivity index (χ0) is 14.9. The van der Waals surface area contributed by atoms with Crippen molar-refractivity contribution < 1.29 is 23.1 Å². The number of rotatable bonds is 4. The average molecular weight is 302 g/mol. The van der Waals surface area contributed by atoms with Crippen molar-refractivity contribution in [2.24, 2.45) is 0 Å². The second kappa shape index (κ2) is 5.50. The van der Waals surface area contributed by atoms with Crippen LogP contribution in [0.3, 0.4) is 0 Å². The van der Waals surface area contributed by atoms with E-state index in [1.54, 1.807) is 0 Å². The van der Waals surface area contributed by atoms with E-state index >= 15 is 0 Å². The van der Waals surface area contributed by atoms with Gasteiger partial charge in [-0.05, 0) is 19.1 Å². The number of anilines is 1. The van der Waals surface area contributed by atoms with Crippen molar-refractivity contribution in [3.8, 4) is 0 Å². The first-order valence-electron chi connectivity index (χ1n) is 5.59. The molecule has 106 valence electrons. The lowest BCUT2D eigenvalue weighted by Gasteiger charge is -2.08. The van der Waals surface area contributed by atoms with Crippen LogP contribution in [0.4, 0.5) is 14.5 Å². The fourth-order valence-corrected chi connectivity index (χ4v) is 1.99. The molecule has 2 N–H and O–H groups in total. The van der Waals surface area contributed by atoms with E-state index in [1.165, 1.54) is 13.0 Å². The lowest BCUT2D eigenvalue weighted by molar-refractivity contribution is 0.0695. The number of aromatic carboxylic acids is 1. The minimum atomic E-state index is -1.11. The van der Waals surface area contributed by atoms with Crippen molar-refractivity contribution in [2.75, 3.05) is 5.32 Å². The molecule has 4 nitrogen and oxygen atoms in total. The number of carbonyl (C=O) groups is 1. The molecule has 0 atom stereocenters. The van der Waals surface area contributed by atoms with Gasteiger partial charge in [0.05, 0.1) is 17.3 Å². The molecule has 0 bridgehead atoms. The molecule has 2 rings (SSSR count). The topological polar surface area (TPSA) is 62.5 Å². The van der Waals surface area contributed by atoms with Crippen LogP contribution in [0.1, 0.15) is 21.9 Å². The summed E-state index contributed by atoms with van der Waals surface area (Å²) in [6.45, 7) is 1.54. The van der Waals surface area contributed by atoms with Crippen molar-refractivity contribution in [2.45, 2.75) is 13.5 Å². The van der Waals surface area contributed by atoms with Crippen LogP contribution in [0.25, 0.3) is 0 Å². The van der Waals surface area contributed by atoms with E-state index in [4.69, 9.17) is 21.1 Å². The third-order valence-corrected chi connectivity index (χ3v) is 2.94. The summed E-state index contributed by atoms with van der Waals surface area (Å²) in [5.41, 5.74) is -0.0357. The van der Waals surface area contributed by atoms with Crippen molar-refractivity contribution >= 4 is 23.3 Å². The highest BCUT2D eigenvalue weighted by molar-refractivity contribution is 6.33. The van der Waals surface area contributed by atoms with Crippen LogP contribution < -0.4 is 5.32 Å². The van der Waals surface area contributed by atoms with Gasteiger partial charge in [-0.2, -0.15) is 0 Å². The predicted octanol–water partition coefficient (Wildman–Crippen LogP) is 3.83. The smallest absolute Gasteiger partial charge is 0.339 e. The zero-order valence-corrected chi connectivity index (χ0v) is 11.1. The first kappa shape index (κ1) is 14.3. The van der Waals surface area contributed by atoms with Crippen LogP contribution >= 0.6 is 11.6 Å². The van der Waals surface area contributed by atoms with Crippen LogP contribution in [0, 0.1) is 18.6 Å². The second-order valence-electron chi connectivity index (χ2n) is 4.09. The number of furan rings is 1. The fraction of sp³-hybridized carbons (Fsp3) is 0.154. The summed E-state index contributed by atoms with van der Waals surface area (Å²) in [5, 5.41) is 11.4. The molecule has 1 heterocycles. The quantitative estimate of drug-likeness (QED) is 0.901. The highest BCUT2D eigenvalue weighted by atomic mass is 35.5. The van der Waals surface area contributed by atoms with Crippen molar-refractivity contribution in [1.82, 2.24) is 0 Å². The monoisotopic (exact) mass is 301 g/mol. The van der Waals surface area contributed by atoms with Crippen molar-refractivity contribution in [1.29, 1.82) is 0 Å². The summed E-state index contributed by atoms with van der Waals surface area (Å²) in [7, 11) is 0. The van der Waals surface area contributed by atoms with Gasteiger partial charge < -0.3 is 14.8 Å². The summed E-state index contributed by atoms with van der Waals surface area (Å²) in [6, 6.07) is 3.01. The number of hydrogen-bond donors (Lipinski definition) is 2. The van der Waals surface area contributed by atoms with E-state index < -0.39 is 17.6 Å². The van der Waals surface area contributed by atoms with Gasteiger partial charge in [0, 0.05) is 6.07 Å². The van der Waals surface area contributed by atoms with Crippen molar-refractivity contribution in [3.05, 3.63) is 51.9 Å². The van der Waals surface area contributed by atoms with E-state index in [9.17, 15) is 13.6 Å². The van der Waals surface area contributed by atoms with Crippen LogP contribution in [0.5, 0.6) is 0 Å². The first-order chi connectivity index (χ1) is 9.38. The summed E-state index contributed by atoms with van der Waals surface area (Å²) >= 11 is 5.72. The fourth-order valence-electron chi connectivity index (χ4n) is 1.73. The van der Waals surface area contributed by atoms with Gasteiger partial charge in [0.15, 0.2) is 5.82 Å². The van der Waals surface area contributed by atoms with Gasteiger partial charge in [-0.25, -0.2) is 13.6 Å². The molecular formula is C13H10ClF2NO3. The van der Waals surface area contributed by atoms with Crippen LogP contribution in [-0.4, -0.2) is 11.1 Å². The Bertz CT molecular complexity index is 647. The Morgan fingerprint density at radius 3 is 2.65 bits per heavy atom. The Hall–Kier alpha value is -2.08. The largest absolute Gasteiger partial charge is 0.478 e. The highest BCUT2D eigenvalue weighted by Gasteiger charge is 2.15. The van der Waals surface area contributed by atoms with Gasteiger partial charge in [0.2, 0.25) is 0 Å². The zero-order valence-electron chi connectivity index (χ0n) is 10.3. The molecule has 1 aromatic carbocycles. The van der Waals surface area contributed by atoms with Crippen LogP contribution in [0.15, 0.2) is 22.6 Å². The molecule has 0 spiro atoms. The molecule has 20 heavy (non-hydrogen) atoms. The first-order valence-corrected chi connectivity index (χ1v) is 5.97. The van der Waals surface area contributed by atoms with Crippen molar-refractivity contribution in [3.63, 3.8) is 0 Å². The molecule has 0 saturated carbocycles. The molecule has 0 aliphatic heterocycles. The van der Waals surface area contributed by atoms with Gasteiger partial charge in [-0.3, -0.25) is 0 Å². The van der Waals surface area contributed by atoms with E-state index in [1.807, 2.05) is 0 Å². The minimum Gasteiger partial charge on any atom is -0.478 e. The number of carboxylic acids is 1. The molecule has 2 aromatic rings. The molecule has 7 heteroatoms. The normalized spacial score (nSPS) is 10.6. The minimum absolute atomic E-state index is 0.0242. The lowest BCUT2D eigenvalue weighted by atomic mass is 10.2. The van der Waals surface area contributed by atoms with Gasteiger partial charge in [0.25, 0.3) is 0 Å². The van der Waals surface area contributed by atoms with Crippen LogP contribution in [0.2, 0.25) is 5.02 Å². The molecule has 0 aliphatic rings. The maximum absolute atomic E-state index is 13.5. The number of carboxylic acid groups (broad SMARTS) is 1. The molecule has 0 aliphatic carbocycles. The van der Waals surface area contributed by atoms with E-state index in [-0.39, 0.29) is 28.6 Å². The Kier molecular flexibility index (Phi) is 3.94. The Morgan fingerprint density at radius 1 is 1.40 bits per heavy atom. The number of benzene rings is 1. The SMILES string of the molecule is Cc1oc(CNc2c(F)cc(F)cc2Cl)cc1C(=O)O.